The van der Waals surface area contributed by atoms with Crippen molar-refractivity contribution >= 4 is 11.5 Å². The molecule has 0 saturated heterocycles. The average molecular weight is 256 g/mol. The van der Waals surface area contributed by atoms with Crippen molar-refractivity contribution in [2.75, 3.05) is 32.7 Å². The maximum atomic E-state index is 10.9. The molecule has 0 unspecified atom stereocenters. The normalized spacial score (nSPS) is 10.1. The molecule has 8 nitrogen and oxygen atoms in total. The number of ether oxygens (including phenoxy) is 2. The molecule has 0 saturated carbocycles. The van der Waals surface area contributed by atoms with Crippen molar-refractivity contribution in [1.82, 2.24) is 9.97 Å². The Kier molecular flexibility index (Phi) is 5.78. The number of anilines is 1. The van der Waals surface area contributed by atoms with Gasteiger partial charge in [-0.15, -0.1) is 0 Å². The Labute approximate surface area is 104 Å². The molecule has 0 atom stereocenters. The zero-order valence-corrected chi connectivity index (χ0v) is 10.4. The highest BCUT2D eigenvalue weighted by atomic mass is 16.6. The van der Waals surface area contributed by atoms with Gasteiger partial charge in [0.1, 0.15) is 6.33 Å². The topological polar surface area (TPSA) is 99.4 Å². The Morgan fingerprint density at radius 3 is 2.78 bits per heavy atom. The van der Waals surface area contributed by atoms with Gasteiger partial charge < -0.3 is 14.8 Å². The van der Waals surface area contributed by atoms with Gasteiger partial charge in [-0.1, -0.05) is 0 Å². The lowest BCUT2D eigenvalue weighted by atomic mass is 10.3. The van der Waals surface area contributed by atoms with Gasteiger partial charge in [0.05, 0.1) is 12.0 Å². The number of unbranched alkanes of at least 4 members (excludes halogenated alkanes) is 1. The van der Waals surface area contributed by atoms with Crippen LogP contribution in [-0.4, -0.2) is 42.3 Å². The minimum absolute atomic E-state index is 0.0469. The van der Waals surface area contributed by atoms with E-state index in [9.17, 15) is 10.1 Å². The predicted octanol–water partition coefficient (Wildman–Crippen LogP) is 1.23. The van der Waals surface area contributed by atoms with E-state index in [0.717, 1.165) is 12.8 Å². The summed E-state index contributed by atoms with van der Waals surface area (Å²) < 4.78 is 9.75. The summed E-state index contributed by atoms with van der Waals surface area (Å²) in [6.07, 6.45) is 2.93. The van der Waals surface area contributed by atoms with E-state index in [1.807, 2.05) is 0 Å². The van der Waals surface area contributed by atoms with Gasteiger partial charge in [0, 0.05) is 20.3 Å². The van der Waals surface area contributed by atoms with Crippen LogP contribution in [0.1, 0.15) is 12.8 Å². The molecule has 0 aliphatic carbocycles. The molecule has 0 aliphatic heterocycles. The number of hydrogen-bond donors (Lipinski definition) is 1. The number of hydrogen-bond acceptors (Lipinski definition) is 7. The van der Waals surface area contributed by atoms with Crippen LogP contribution in [0.4, 0.5) is 11.5 Å². The van der Waals surface area contributed by atoms with Crippen molar-refractivity contribution in [3.63, 3.8) is 0 Å². The molecular formula is C10H16N4O4. The van der Waals surface area contributed by atoms with Gasteiger partial charge in [-0.05, 0) is 12.8 Å². The summed E-state index contributed by atoms with van der Waals surface area (Å²) in [7, 11) is 2.96. The number of aromatic nitrogens is 2. The van der Waals surface area contributed by atoms with E-state index in [-0.39, 0.29) is 17.4 Å². The van der Waals surface area contributed by atoms with Crippen molar-refractivity contribution in [2.24, 2.45) is 0 Å². The van der Waals surface area contributed by atoms with Gasteiger partial charge in [-0.2, -0.15) is 4.98 Å². The number of nitrogens with one attached hydrogen (secondary N) is 1. The third-order valence-corrected chi connectivity index (χ3v) is 2.23. The Hall–Kier alpha value is -1.96. The van der Waals surface area contributed by atoms with Crippen LogP contribution < -0.4 is 10.1 Å². The van der Waals surface area contributed by atoms with Crippen LogP contribution in [0, 0.1) is 10.1 Å². The number of rotatable bonds is 8. The van der Waals surface area contributed by atoms with Gasteiger partial charge in [-0.25, -0.2) is 4.98 Å². The molecule has 1 N–H and O–H groups in total. The third kappa shape index (κ3) is 3.81. The van der Waals surface area contributed by atoms with Crippen molar-refractivity contribution in [3.8, 4) is 5.88 Å². The van der Waals surface area contributed by atoms with Gasteiger partial charge in [-0.3, -0.25) is 10.1 Å². The SMILES string of the molecule is COCCCCNc1ncnc(OC)c1[N+](=O)[O-]. The summed E-state index contributed by atoms with van der Waals surface area (Å²) >= 11 is 0. The Morgan fingerprint density at radius 2 is 2.17 bits per heavy atom. The first-order valence-electron chi connectivity index (χ1n) is 5.47. The van der Waals surface area contributed by atoms with E-state index in [0.29, 0.717) is 13.2 Å². The highest BCUT2D eigenvalue weighted by Crippen LogP contribution is 2.30. The Morgan fingerprint density at radius 1 is 1.39 bits per heavy atom. The number of nitrogens with zero attached hydrogens (tertiary/aromatic N) is 3. The van der Waals surface area contributed by atoms with Crippen LogP contribution in [0.3, 0.4) is 0 Å². The van der Waals surface area contributed by atoms with Gasteiger partial charge in [0.15, 0.2) is 0 Å². The fraction of sp³-hybridized carbons (Fsp3) is 0.600. The molecular weight excluding hydrogens is 240 g/mol. The maximum Gasteiger partial charge on any atom is 0.372 e. The lowest BCUT2D eigenvalue weighted by Gasteiger charge is -2.07. The first-order valence-corrected chi connectivity index (χ1v) is 5.47. The minimum Gasteiger partial charge on any atom is -0.476 e. The number of nitro groups is 1. The summed E-state index contributed by atoms with van der Waals surface area (Å²) in [5, 5.41) is 13.8. The molecule has 1 aromatic heterocycles. The molecule has 0 fully saturated rings. The number of methoxy groups -OCH3 is 2. The second-order valence-electron chi connectivity index (χ2n) is 3.46. The molecule has 8 heteroatoms. The van der Waals surface area contributed by atoms with Crippen LogP contribution >= 0.6 is 0 Å². The Bertz CT molecular complexity index is 399. The van der Waals surface area contributed by atoms with Gasteiger partial charge in [0.2, 0.25) is 5.82 Å². The van der Waals surface area contributed by atoms with Gasteiger partial charge in [0.25, 0.3) is 5.88 Å². The van der Waals surface area contributed by atoms with Crippen molar-refractivity contribution in [3.05, 3.63) is 16.4 Å². The van der Waals surface area contributed by atoms with E-state index in [2.05, 4.69) is 15.3 Å². The highest BCUT2D eigenvalue weighted by Gasteiger charge is 2.23. The lowest BCUT2D eigenvalue weighted by molar-refractivity contribution is -0.385. The van der Waals surface area contributed by atoms with E-state index in [4.69, 9.17) is 9.47 Å². The summed E-state index contributed by atoms with van der Waals surface area (Å²) in [4.78, 5) is 17.9. The van der Waals surface area contributed by atoms with E-state index in [1.54, 1.807) is 7.11 Å². The fourth-order valence-corrected chi connectivity index (χ4v) is 1.38. The highest BCUT2D eigenvalue weighted by molar-refractivity contribution is 5.60. The summed E-state index contributed by atoms with van der Waals surface area (Å²) in [5.41, 5.74) is -0.244. The summed E-state index contributed by atoms with van der Waals surface area (Å²) in [5.74, 6) is 0.124. The lowest BCUT2D eigenvalue weighted by Crippen LogP contribution is -2.08. The Balaban J connectivity index is 2.67. The quantitative estimate of drug-likeness (QED) is 0.424. The van der Waals surface area contributed by atoms with Crippen molar-refractivity contribution in [1.29, 1.82) is 0 Å². The average Bonchev–Trinajstić information content (AvgIpc) is 2.37. The predicted molar refractivity (Wildman–Crippen MR) is 64.8 cm³/mol. The molecule has 1 aromatic rings. The van der Waals surface area contributed by atoms with Crippen LogP contribution in [0.25, 0.3) is 0 Å². The molecule has 0 spiro atoms. The molecule has 1 heterocycles. The largest absolute Gasteiger partial charge is 0.476 e. The molecule has 18 heavy (non-hydrogen) atoms. The van der Waals surface area contributed by atoms with Crippen LogP contribution in [0.5, 0.6) is 5.88 Å². The molecule has 0 bridgehead atoms. The summed E-state index contributed by atoms with van der Waals surface area (Å²) in [6.45, 7) is 1.24. The monoisotopic (exact) mass is 256 g/mol. The zero-order chi connectivity index (χ0) is 13.4. The molecule has 100 valence electrons. The van der Waals surface area contributed by atoms with E-state index in [1.165, 1.54) is 13.4 Å². The maximum absolute atomic E-state index is 10.9. The fourth-order valence-electron chi connectivity index (χ4n) is 1.38. The summed E-state index contributed by atoms with van der Waals surface area (Å²) in [6, 6.07) is 0. The van der Waals surface area contributed by atoms with E-state index >= 15 is 0 Å². The standard InChI is InChI=1S/C10H16N4O4/c1-17-6-4-3-5-11-9-8(14(15)16)10(18-2)13-7-12-9/h7H,3-6H2,1-2H3,(H,11,12,13). The minimum atomic E-state index is -0.559. The molecule has 0 radical (unpaired) electrons. The van der Waals surface area contributed by atoms with Crippen LogP contribution in [0.2, 0.25) is 0 Å². The smallest absolute Gasteiger partial charge is 0.372 e. The first-order chi connectivity index (χ1) is 8.70. The molecule has 0 aromatic carbocycles. The second-order valence-corrected chi connectivity index (χ2v) is 3.46. The third-order valence-electron chi connectivity index (χ3n) is 2.23. The zero-order valence-electron chi connectivity index (χ0n) is 10.4. The van der Waals surface area contributed by atoms with E-state index < -0.39 is 4.92 Å². The second kappa shape index (κ2) is 7.38. The molecule has 1 rings (SSSR count). The molecule has 0 amide bonds. The van der Waals surface area contributed by atoms with Crippen molar-refractivity contribution < 1.29 is 14.4 Å². The van der Waals surface area contributed by atoms with Crippen LogP contribution in [0.15, 0.2) is 6.33 Å². The van der Waals surface area contributed by atoms with Gasteiger partial charge >= 0.3 is 5.69 Å². The van der Waals surface area contributed by atoms with Crippen LogP contribution in [-0.2, 0) is 4.74 Å². The molecule has 0 aliphatic rings. The first kappa shape index (κ1) is 14.1. The van der Waals surface area contributed by atoms with Crippen molar-refractivity contribution in [2.45, 2.75) is 12.8 Å².